The molecule has 0 saturated carbocycles. The molecule has 0 aromatic carbocycles. The number of carbonyl (C=O) groups excluding carboxylic acids is 1. The van der Waals surface area contributed by atoms with Crippen molar-refractivity contribution in [1.82, 2.24) is 10.6 Å². The lowest BCUT2D eigenvalue weighted by Crippen LogP contribution is -2.40. The molecular weight excluding hydrogens is 244 g/mol. The Labute approximate surface area is 113 Å². The van der Waals surface area contributed by atoms with Gasteiger partial charge in [-0.05, 0) is 24.5 Å². The number of hydrogen-bond donors (Lipinski definition) is 2. The summed E-state index contributed by atoms with van der Waals surface area (Å²) in [6.07, 6.45) is 2.87. The Morgan fingerprint density at radius 1 is 1.47 bits per heavy atom. The second-order valence-electron chi connectivity index (χ2n) is 5.27. The van der Waals surface area contributed by atoms with E-state index in [1.54, 1.807) is 12.3 Å². The second-order valence-corrected chi connectivity index (χ2v) is 5.27. The molecule has 1 aliphatic rings. The van der Waals surface area contributed by atoms with Crippen molar-refractivity contribution in [3.05, 3.63) is 24.2 Å². The van der Waals surface area contributed by atoms with Crippen molar-refractivity contribution in [3.8, 4) is 0 Å². The number of amides is 2. The highest BCUT2D eigenvalue weighted by molar-refractivity contribution is 5.73. The summed E-state index contributed by atoms with van der Waals surface area (Å²) in [6.45, 7) is 6.17. The van der Waals surface area contributed by atoms with Crippen LogP contribution in [0.25, 0.3) is 0 Å². The number of rotatable bonds is 5. The van der Waals surface area contributed by atoms with Gasteiger partial charge in [-0.15, -0.1) is 0 Å². The first-order valence-electron chi connectivity index (χ1n) is 6.82. The van der Waals surface area contributed by atoms with Crippen LogP contribution in [0, 0.1) is 11.8 Å². The van der Waals surface area contributed by atoms with Gasteiger partial charge in [-0.3, -0.25) is 0 Å². The zero-order valence-electron chi connectivity index (χ0n) is 11.5. The van der Waals surface area contributed by atoms with Crippen LogP contribution in [0.15, 0.2) is 22.8 Å². The van der Waals surface area contributed by atoms with Crippen molar-refractivity contribution >= 4 is 6.03 Å². The van der Waals surface area contributed by atoms with E-state index in [2.05, 4.69) is 24.5 Å². The molecule has 2 N–H and O–H groups in total. The Morgan fingerprint density at radius 2 is 2.32 bits per heavy atom. The maximum Gasteiger partial charge on any atom is 0.315 e. The quantitative estimate of drug-likeness (QED) is 0.858. The number of ether oxygens (including phenoxy) is 1. The van der Waals surface area contributed by atoms with E-state index in [4.69, 9.17) is 9.15 Å². The molecule has 106 valence electrons. The summed E-state index contributed by atoms with van der Waals surface area (Å²) < 4.78 is 10.8. The molecule has 0 unspecified atom stereocenters. The van der Waals surface area contributed by atoms with E-state index >= 15 is 0 Å². The van der Waals surface area contributed by atoms with Crippen LogP contribution in [-0.4, -0.2) is 25.3 Å². The average molecular weight is 266 g/mol. The van der Waals surface area contributed by atoms with E-state index in [1.807, 2.05) is 6.07 Å². The molecule has 1 aromatic rings. The normalized spacial score (nSPS) is 22.7. The van der Waals surface area contributed by atoms with E-state index in [9.17, 15) is 4.79 Å². The molecule has 2 rings (SSSR count). The Hall–Kier alpha value is -1.49. The number of hydrogen-bond acceptors (Lipinski definition) is 3. The van der Waals surface area contributed by atoms with Crippen LogP contribution in [0.2, 0.25) is 0 Å². The number of nitrogens with one attached hydrogen (secondary N) is 2. The van der Waals surface area contributed by atoms with Gasteiger partial charge in [-0.25, -0.2) is 4.79 Å². The molecule has 0 bridgehead atoms. The molecule has 5 heteroatoms. The molecule has 1 fully saturated rings. The van der Waals surface area contributed by atoms with E-state index in [1.165, 1.54) is 0 Å². The smallest absolute Gasteiger partial charge is 0.315 e. The highest BCUT2D eigenvalue weighted by atomic mass is 16.5. The van der Waals surface area contributed by atoms with Gasteiger partial charge in [0.2, 0.25) is 0 Å². The molecule has 0 aliphatic carbocycles. The van der Waals surface area contributed by atoms with E-state index in [0.29, 0.717) is 24.9 Å². The summed E-state index contributed by atoms with van der Waals surface area (Å²) in [6, 6.07) is 3.48. The lowest BCUT2D eigenvalue weighted by molar-refractivity contribution is 0.0545. The fraction of sp³-hybridized carbons (Fsp3) is 0.643. The zero-order chi connectivity index (χ0) is 13.7. The minimum atomic E-state index is -0.161. The fourth-order valence-corrected chi connectivity index (χ4v) is 2.48. The fourth-order valence-electron chi connectivity index (χ4n) is 2.48. The van der Waals surface area contributed by atoms with Gasteiger partial charge in [0, 0.05) is 19.1 Å². The van der Waals surface area contributed by atoms with Crippen LogP contribution in [-0.2, 0) is 11.3 Å². The minimum absolute atomic E-state index is 0.161. The van der Waals surface area contributed by atoms with Crippen LogP contribution < -0.4 is 10.6 Å². The van der Waals surface area contributed by atoms with Gasteiger partial charge in [-0.2, -0.15) is 0 Å². The Balaban J connectivity index is 1.68. The standard InChI is InChI=1S/C14H22N2O3/c1-10(2)13-11(5-7-19-13)8-15-14(17)16-9-12-4-3-6-18-12/h3-4,6,10-11,13H,5,7-9H2,1-2H3,(H2,15,16,17)/t11-,13-/m1/s1. The molecule has 5 nitrogen and oxygen atoms in total. The number of urea groups is 1. The summed E-state index contributed by atoms with van der Waals surface area (Å²) in [4.78, 5) is 11.7. The maximum absolute atomic E-state index is 11.7. The van der Waals surface area contributed by atoms with Crippen molar-refractivity contribution in [1.29, 1.82) is 0 Å². The molecule has 1 aromatic heterocycles. The van der Waals surface area contributed by atoms with Crippen LogP contribution in [0.3, 0.4) is 0 Å². The van der Waals surface area contributed by atoms with E-state index in [0.717, 1.165) is 18.8 Å². The van der Waals surface area contributed by atoms with Crippen molar-refractivity contribution in [2.75, 3.05) is 13.2 Å². The van der Waals surface area contributed by atoms with Crippen molar-refractivity contribution < 1.29 is 13.9 Å². The Kier molecular flexibility index (Phi) is 4.85. The van der Waals surface area contributed by atoms with Gasteiger partial charge in [0.1, 0.15) is 5.76 Å². The molecule has 1 saturated heterocycles. The number of carbonyl (C=O) groups is 1. The monoisotopic (exact) mass is 266 g/mol. The lowest BCUT2D eigenvalue weighted by Gasteiger charge is -2.22. The summed E-state index contributed by atoms with van der Waals surface area (Å²) in [7, 11) is 0. The third kappa shape index (κ3) is 3.99. The van der Waals surface area contributed by atoms with Gasteiger partial charge < -0.3 is 19.8 Å². The summed E-state index contributed by atoms with van der Waals surface area (Å²) >= 11 is 0. The van der Waals surface area contributed by atoms with Crippen LogP contribution >= 0.6 is 0 Å². The maximum atomic E-state index is 11.7. The molecule has 19 heavy (non-hydrogen) atoms. The number of furan rings is 1. The topological polar surface area (TPSA) is 63.5 Å². The molecule has 1 aliphatic heterocycles. The highest BCUT2D eigenvalue weighted by Gasteiger charge is 2.30. The van der Waals surface area contributed by atoms with Gasteiger partial charge in [0.15, 0.2) is 0 Å². The highest BCUT2D eigenvalue weighted by Crippen LogP contribution is 2.25. The molecule has 0 spiro atoms. The largest absolute Gasteiger partial charge is 0.467 e. The first-order valence-corrected chi connectivity index (χ1v) is 6.82. The Bertz CT molecular complexity index is 389. The first kappa shape index (κ1) is 13.9. The molecular formula is C14H22N2O3. The molecule has 2 atom stereocenters. The lowest BCUT2D eigenvalue weighted by atomic mass is 9.93. The SMILES string of the molecule is CC(C)[C@H]1OCC[C@@H]1CNC(=O)NCc1ccco1. The van der Waals surface area contributed by atoms with Gasteiger partial charge in [0.05, 0.1) is 18.9 Å². The van der Waals surface area contributed by atoms with E-state index < -0.39 is 0 Å². The predicted molar refractivity (Wildman–Crippen MR) is 71.6 cm³/mol. The summed E-state index contributed by atoms with van der Waals surface area (Å²) in [5.41, 5.74) is 0. The van der Waals surface area contributed by atoms with Crippen LogP contribution in [0.4, 0.5) is 4.79 Å². The zero-order valence-corrected chi connectivity index (χ0v) is 11.5. The summed E-state index contributed by atoms with van der Waals surface area (Å²) in [5.74, 6) is 1.65. The minimum Gasteiger partial charge on any atom is -0.467 e. The molecule has 2 amide bonds. The average Bonchev–Trinajstić information content (AvgIpc) is 3.04. The molecule has 2 heterocycles. The van der Waals surface area contributed by atoms with Crippen LogP contribution in [0.1, 0.15) is 26.0 Å². The summed E-state index contributed by atoms with van der Waals surface area (Å²) in [5, 5.41) is 5.67. The predicted octanol–water partition coefficient (Wildman–Crippen LogP) is 2.14. The third-order valence-corrected chi connectivity index (χ3v) is 3.45. The second kappa shape index (κ2) is 6.61. The van der Waals surface area contributed by atoms with Gasteiger partial charge in [-0.1, -0.05) is 13.8 Å². The van der Waals surface area contributed by atoms with Crippen molar-refractivity contribution in [2.45, 2.75) is 32.9 Å². The third-order valence-electron chi connectivity index (χ3n) is 3.45. The molecule has 0 radical (unpaired) electrons. The van der Waals surface area contributed by atoms with Crippen LogP contribution in [0.5, 0.6) is 0 Å². The first-order chi connectivity index (χ1) is 9.16. The van der Waals surface area contributed by atoms with Crippen molar-refractivity contribution in [3.63, 3.8) is 0 Å². The van der Waals surface area contributed by atoms with Gasteiger partial charge in [0.25, 0.3) is 0 Å². The van der Waals surface area contributed by atoms with Gasteiger partial charge >= 0.3 is 6.03 Å². The van der Waals surface area contributed by atoms with Crippen molar-refractivity contribution in [2.24, 2.45) is 11.8 Å². The van der Waals surface area contributed by atoms with E-state index in [-0.39, 0.29) is 12.1 Å². The Morgan fingerprint density at radius 3 is 3.00 bits per heavy atom.